The molecule has 0 saturated carbocycles. The van der Waals surface area contributed by atoms with Gasteiger partial charge in [-0.05, 0) is 37.1 Å². The highest BCUT2D eigenvalue weighted by atomic mass is 35.5. The van der Waals surface area contributed by atoms with Gasteiger partial charge < -0.3 is 10.2 Å². The molecular formula is C21H21ClN4O. The molecule has 0 radical (unpaired) electrons. The van der Waals surface area contributed by atoms with Crippen molar-refractivity contribution in [1.29, 1.82) is 0 Å². The smallest absolute Gasteiger partial charge is 0.274 e. The van der Waals surface area contributed by atoms with Gasteiger partial charge in [-0.25, -0.2) is 9.97 Å². The molecule has 3 aromatic rings. The molecule has 3 rings (SSSR count). The Labute approximate surface area is 164 Å². The number of nitrogens with zero attached hydrogens (tertiary/aromatic N) is 3. The molecule has 0 aliphatic carbocycles. The van der Waals surface area contributed by atoms with Crippen LogP contribution in [0.25, 0.3) is 0 Å². The number of benzene rings is 2. The molecule has 0 aliphatic rings. The maximum absolute atomic E-state index is 12.7. The molecule has 1 N–H and O–H groups in total. The number of anilines is 2. The zero-order valence-corrected chi connectivity index (χ0v) is 16.1. The molecule has 0 bridgehead atoms. The van der Waals surface area contributed by atoms with Gasteiger partial charge in [0, 0.05) is 23.8 Å². The van der Waals surface area contributed by atoms with Gasteiger partial charge in [0.15, 0.2) is 0 Å². The molecule has 0 saturated heterocycles. The maximum atomic E-state index is 12.7. The minimum absolute atomic E-state index is 0.140. The maximum Gasteiger partial charge on any atom is 0.274 e. The summed E-state index contributed by atoms with van der Waals surface area (Å²) in [5.41, 5.74) is 3.19. The predicted octanol–water partition coefficient (Wildman–Crippen LogP) is 4.84. The number of nitrogens with one attached hydrogen (secondary N) is 1. The molecule has 2 aromatic carbocycles. The van der Waals surface area contributed by atoms with Gasteiger partial charge in [-0.1, -0.05) is 48.0 Å². The van der Waals surface area contributed by atoms with Gasteiger partial charge in [0.1, 0.15) is 11.5 Å². The fraction of sp³-hybridized carbons (Fsp3) is 0.190. The van der Waals surface area contributed by atoms with Crippen LogP contribution in [-0.4, -0.2) is 27.3 Å². The third-order valence-corrected chi connectivity index (χ3v) is 4.70. The second-order valence-electron chi connectivity index (χ2n) is 6.13. The average molecular weight is 381 g/mol. The molecule has 0 atom stereocenters. The molecule has 1 heterocycles. The Morgan fingerprint density at radius 3 is 2.52 bits per heavy atom. The minimum atomic E-state index is -0.140. The lowest BCUT2D eigenvalue weighted by Crippen LogP contribution is -2.31. The second kappa shape index (κ2) is 8.64. The van der Waals surface area contributed by atoms with E-state index in [1.807, 2.05) is 62.4 Å². The van der Waals surface area contributed by atoms with Crippen LogP contribution in [0.15, 0.2) is 60.9 Å². The molecule has 1 aromatic heterocycles. The summed E-state index contributed by atoms with van der Waals surface area (Å²) in [6, 6.07) is 15.5. The Kier molecular flexibility index (Phi) is 6.04. The summed E-state index contributed by atoms with van der Waals surface area (Å²) in [7, 11) is 0. The van der Waals surface area contributed by atoms with Crippen LogP contribution in [0, 0.1) is 6.92 Å². The zero-order chi connectivity index (χ0) is 19.2. The summed E-state index contributed by atoms with van der Waals surface area (Å²) in [6.07, 6.45) is 3.06. The van der Waals surface area contributed by atoms with Crippen LogP contribution in [0.3, 0.4) is 0 Å². The van der Waals surface area contributed by atoms with E-state index in [1.54, 1.807) is 11.1 Å². The standard InChI is InChI=1S/C21H21ClN4O/c1-3-26(14-16-8-5-4-6-9-16)21(27)19-12-24-20(13-23-19)25-18-11-7-10-17(22)15(18)2/h4-13H,3,14H2,1-2H3,(H,24,25). The first-order valence-corrected chi connectivity index (χ1v) is 9.13. The number of hydrogen-bond donors (Lipinski definition) is 1. The zero-order valence-electron chi connectivity index (χ0n) is 15.3. The second-order valence-corrected chi connectivity index (χ2v) is 6.54. The van der Waals surface area contributed by atoms with Crippen LogP contribution < -0.4 is 5.32 Å². The number of aromatic nitrogens is 2. The largest absolute Gasteiger partial charge is 0.339 e. The molecule has 0 aliphatic heterocycles. The summed E-state index contributed by atoms with van der Waals surface area (Å²) in [5.74, 6) is 0.419. The van der Waals surface area contributed by atoms with Crippen molar-refractivity contribution in [1.82, 2.24) is 14.9 Å². The van der Waals surface area contributed by atoms with Crippen molar-refractivity contribution in [3.05, 3.63) is 82.8 Å². The van der Waals surface area contributed by atoms with Crippen molar-refractivity contribution in [3.8, 4) is 0 Å². The van der Waals surface area contributed by atoms with Gasteiger partial charge >= 0.3 is 0 Å². The number of rotatable bonds is 6. The lowest BCUT2D eigenvalue weighted by Gasteiger charge is -2.20. The van der Waals surface area contributed by atoms with Crippen LogP contribution in [0.4, 0.5) is 11.5 Å². The Morgan fingerprint density at radius 2 is 1.85 bits per heavy atom. The van der Waals surface area contributed by atoms with Gasteiger partial charge in [0.25, 0.3) is 5.91 Å². The van der Waals surface area contributed by atoms with Crippen molar-refractivity contribution in [2.45, 2.75) is 20.4 Å². The molecule has 27 heavy (non-hydrogen) atoms. The normalized spacial score (nSPS) is 10.5. The van der Waals surface area contributed by atoms with Gasteiger partial charge in [-0.15, -0.1) is 0 Å². The molecule has 1 amide bonds. The van der Waals surface area contributed by atoms with E-state index in [2.05, 4.69) is 15.3 Å². The predicted molar refractivity (Wildman–Crippen MR) is 108 cm³/mol. The Balaban J connectivity index is 1.72. The highest BCUT2D eigenvalue weighted by Gasteiger charge is 2.16. The number of carbonyl (C=O) groups excluding carboxylic acids is 1. The molecular weight excluding hydrogens is 360 g/mol. The highest BCUT2D eigenvalue weighted by Crippen LogP contribution is 2.25. The summed E-state index contributed by atoms with van der Waals surface area (Å²) in [4.78, 5) is 23.1. The van der Waals surface area contributed by atoms with Crippen LogP contribution >= 0.6 is 11.6 Å². The van der Waals surface area contributed by atoms with Crippen LogP contribution in [0.5, 0.6) is 0 Å². The van der Waals surface area contributed by atoms with E-state index in [0.717, 1.165) is 16.8 Å². The van der Waals surface area contributed by atoms with E-state index in [0.29, 0.717) is 29.6 Å². The molecule has 138 valence electrons. The van der Waals surface area contributed by atoms with Gasteiger partial charge in [0.2, 0.25) is 0 Å². The molecule has 0 unspecified atom stereocenters. The quantitative estimate of drug-likeness (QED) is 0.664. The van der Waals surface area contributed by atoms with E-state index in [-0.39, 0.29) is 5.91 Å². The van der Waals surface area contributed by atoms with Crippen molar-refractivity contribution >= 4 is 29.0 Å². The minimum Gasteiger partial charge on any atom is -0.339 e. The van der Waals surface area contributed by atoms with E-state index in [4.69, 9.17) is 11.6 Å². The SMILES string of the molecule is CCN(Cc1ccccc1)C(=O)c1cnc(Nc2cccc(Cl)c2C)cn1. The molecule has 0 fully saturated rings. The molecule has 5 nitrogen and oxygen atoms in total. The Morgan fingerprint density at radius 1 is 1.07 bits per heavy atom. The van der Waals surface area contributed by atoms with Gasteiger partial charge in [-0.2, -0.15) is 0 Å². The number of carbonyl (C=O) groups is 1. The third kappa shape index (κ3) is 4.63. The molecule has 0 spiro atoms. The third-order valence-electron chi connectivity index (χ3n) is 4.29. The number of amides is 1. The van der Waals surface area contributed by atoms with Crippen LogP contribution in [-0.2, 0) is 6.54 Å². The first kappa shape index (κ1) is 18.9. The monoisotopic (exact) mass is 380 g/mol. The summed E-state index contributed by atoms with van der Waals surface area (Å²) in [5, 5.41) is 3.86. The molecule has 6 heteroatoms. The van der Waals surface area contributed by atoms with Crippen LogP contribution in [0.1, 0.15) is 28.5 Å². The lowest BCUT2D eigenvalue weighted by atomic mass is 10.2. The van der Waals surface area contributed by atoms with E-state index in [9.17, 15) is 4.79 Å². The first-order chi connectivity index (χ1) is 13.1. The highest BCUT2D eigenvalue weighted by molar-refractivity contribution is 6.31. The number of halogens is 1. The van der Waals surface area contributed by atoms with Crippen molar-refractivity contribution in [3.63, 3.8) is 0 Å². The van der Waals surface area contributed by atoms with Crippen molar-refractivity contribution in [2.24, 2.45) is 0 Å². The fourth-order valence-electron chi connectivity index (χ4n) is 2.68. The van der Waals surface area contributed by atoms with Crippen molar-refractivity contribution in [2.75, 3.05) is 11.9 Å². The van der Waals surface area contributed by atoms with E-state index in [1.165, 1.54) is 6.20 Å². The van der Waals surface area contributed by atoms with E-state index >= 15 is 0 Å². The number of hydrogen-bond acceptors (Lipinski definition) is 4. The summed E-state index contributed by atoms with van der Waals surface area (Å²) >= 11 is 6.14. The fourth-order valence-corrected chi connectivity index (χ4v) is 2.85. The van der Waals surface area contributed by atoms with Gasteiger partial charge in [0.05, 0.1) is 12.4 Å². The van der Waals surface area contributed by atoms with E-state index < -0.39 is 0 Å². The topological polar surface area (TPSA) is 58.1 Å². The Hall–Kier alpha value is -2.92. The summed E-state index contributed by atoms with van der Waals surface area (Å²) in [6.45, 7) is 5.02. The summed E-state index contributed by atoms with van der Waals surface area (Å²) < 4.78 is 0. The van der Waals surface area contributed by atoms with Crippen LogP contribution in [0.2, 0.25) is 5.02 Å². The first-order valence-electron chi connectivity index (χ1n) is 8.76. The van der Waals surface area contributed by atoms with Gasteiger partial charge in [-0.3, -0.25) is 4.79 Å². The lowest BCUT2D eigenvalue weighted by molar-refractivity contribution is 0.0746. The van der Waals surface area contributed by atoms with Crippen molar-refractivity contribution < 1.29 is 4.79 Å². The Bertz CT molecular complexity index is 913. The average Bonchev–Trinajstić information content (AvgIpc) is 2.70.